The lowest BCUT2D eigenvalue weighted by Gasteiger charge is -2.39. The van der Waals surface area contributed by atoms with Gasteiger partial charge < -0.3 is 9.72 Å². The number of aryl methyl sites for hydroxylation is 2. The van der Waals surface area contributed by atoms with Crippen LogP contribution in [0.3, 0.4) is 0 Å². The standard InChI is InChI=1S/C27H38N6O2/c1-4-25(26-29-30-31-33(26)17-23-11-8-12-35-23)32(22-9-6-5-7-10-22)16-21-15-20-13-18(2)19(3)14-24(20)28-27(21)34/h13-15,22-23,25H,4-12,16-17H2,1-3H3,(H,28,34)/t23-,25+/m1/s1. The van der Waals surface area contributed by atoms with Gasteiger partial charge in [-0.2, -0.15) is 0 Å². The molecule has 5 rings (SSSR count). The summed E-state index contributed by atoms with van der Waals surface area (Å²) in [7, 11) is 0. The highest BCUT2D eigenvalue weighted by Crippen LogP contribution is 2.33. The Morgan fingerprint density at radius 2 is 1.91 bits per heavy atom. The molecule has 1 aromatic carbocycles. The number of pyridine rings is 1. The number of fused-ring (bicyclic) bond motifs is 1. The number of tetrazole rings is 1. The second kappa shape index (κ2) is 10.6. The predicted molar refractivity (Wildman–Crippen MR) is 136 cm³/mol. The largest absolute Gasteiger partial charge is 0.376 e. The van der Waals surface area contributed by atoms with E-state index in [1.165, 1.54) is 30.4 Å². The topological polar surface area (TPSA) is 88.9 Å². The van der Waals surface area contributed by atoms with Gasteiger partial charge in [-0.3, -0.25) is 9.69 Å². The number of aromatic amines is 1. The van der Waals surface area contributed by atoms with E-state index in [1.807, 2.05) is 4.68 Å². The van der Waals surface area contributed by atoms with E-state index in [4.69, 9.17) is 4.74 Å². The summed E-state index contributed by atoms with van der Waals surface area (Å²) in [5.41, 5.74) is 4.13. The lowest BCUT2D eigenvalue weighted by Crippen LogP contribution is -2.41. The van der Waals surface area contributed by atoms with E-state index in [-0.39, 0.29) is 17.7 Å². The quantitative estimate of drug-likeness (QED) is 0.509. The molecule has 1 saturated heterocycles. The number of hydrogen-bond donors (Lipinski definition) is 1. The van der Waals surface area contributed by atoms with Crippen LogP contribution < -0.4 is 5.56 Å². The normalized spacial score (nSPS) is 20.2. The summed E-state index contributed by atoms with van der Waals surface area (Å²) in [6.45, 7) is 8.49. The molecule has 1 aliphatic heterocycles. The van der Waals surface area contributed by atoms with Gasteiger partial charge in [0.2, 0.25) is 0 Å². The van der Waals surface area contributed by atoms with E-state index < -0.39 is 0 Å². The average molecular weight is 479 g/mol. The van der Waals surface area contributed by atoms with Gasteiger partial charge in [-0.25, -0.2) is 4.68 Å². The van der Waals surface area contributed by atoms with Gasteiger partial charge in [-0.15, -0.1) is 5.10 Å². The molecule has 3 heterocycles. The third-order valence-corrected chi connectivity index (χ3v) is 7.98. The Bertz CT molecular complexity index is 1210. The summed E-state index contributed by atoms with van der Waals surface area (Å²) in [6, 6.07) is 6.79. The van der Waals surface area contributed by atoms with Crippen molar-refractivity contribution in [2.45, 2.75) is 103 Å². The van der Waals surface area contributed by atoms with E-state index in [1.54, 1.807) is 0 Å². The maximum atomic E-state index is 13.2. The summed E-state index contributed by atoms with van der Waals surface area (Å²) in [4.78, 5) is 18.8. The fourth-order valence-corrected chi connectivity index (χ4v) is 5.87. The summed E-state index contributed by atoms with van der Waals surface area (Å²) in [5, 5.41) is 14.0. The Labute approximate surface area is 207 Å². The zero-order valence-corrected chi connectivity index (χ0v) is 21.3. The van der Waals surface area contributed by atoms with Crippen LogP contribution in [0.2, 0.25) is 0 Å². The van der Waals surface area contributed by atoms with Crippen LogP contribution in [0.25, 0.3) is 10.9 Å². The predicted octanol–water partition coefficient (Wildman–Crippen LogP) is 4.60. The zero-order chi connectivity index (χ0) is 24.4. The highest BCUT2D eigenvalue weighted by molar-refractivity contribution is 5.80. The third kappa shape index (κ3) is 5.19. The minimum atomic E-state index is -0.00429. The lowest BCUT2D eigenvalue weighted by molar-refractivity contribution is 0.0734. The van der Waals surface area contributed by atoms with Crippen LogP contribution in [0.4, 0.5) is 0 Å². The molecule has 0 spiro atoms. The molecule has 188 valence electrons. The summed E-state index contributed by atoms with van der Waals surface area (Å²) < 4.78 is 7.81. The Balaban J connectivity index is 1.49. The first-order chi connectivity index (χ1) is 17.0. The van der Waals surface area contributed by atoms with Crippen molar-refractivity contribution in [3.63, 3.8) is 0 Å². The number of hydrogen-bond acceptors (Lipinski definition) is 6. The molecule has 8 nitrogen and oxygen atoms in total. The van der Waals surface area contributed by atoms with Crippen molar-refractivity contribution in [3.8, 4) is 0 Å². The zero-order valence-electron chi connectivity index (χ0n) is 21.3. The van der Waals surface area contributed by atoms with Gasteiger partial charge in [-0.05, 0) is 91.1 Å². The van der Waals surface area contributed by atoms with Crippen molar-refractivity contribution in [1.29, 1.82) is 0 Å². The van der Waals surface area contributed by atoms with E-state index in [0.29, 0.717) is 19.1 Å². The summed E-state index contributed by atoms with van der Waals surface area (Å²) in [5.74, 6) is 0.886. The molecule has 2 atom stereocenters. The molecule has 1 N–H and O–H groups in total. The number of nitrogens with zero attached hydrogens (tertiary/aromatic N) is 5. The van der Waals surface area contributed by atoms with Crippen LogP contribution in [-0.4, -0.2) is 48.8 Å². The van der Waals surface area contributed by atoms with Crippen molar-refractivity contribution >= 4 is 10.9 Å². The molecule has 2 aliphatic rings. The highest BCUT2D eigenvalue weighted by Gasteiger charge is 2.32. The molecular weight excluding hydrogens is 440 g/mol. The molecule has 8 heteroatoms. The van der Waals surface area contributed by atoms with Gasteiger partial charge in [0.1, 0.15) is 0 Å². The monoisotopic (exact) mass is 478 g/mol. The number of aromatic nitrogens is 5. The van der Waals surface area contributed by atoms with Crippen LogP contribution in [0.1, 0.15) is 86.8 Å². The molecule has 2 aromatic heterocycles. The number of nitrogens with one attached hydrogen (secondary N) is 1. The van der Waals surface area contributed by atoms with Crippen molar-refractivity contribution < 1.29 is 4.74 Å². The Morgan fingerprint density at radius 3 is 2.66 bits per heavy atom. The van der Waals surface area contributed by atoms with Gasteiger partial charge in [0.05, 0.1) is 18.7 Å². The number of ether oxygens (including phenoxy) is 1. The molecule has 0 unspecified atom stereocenters. The molecule has 0 bridgehead atoms. The van der Waals surface area contributed by atoms with Crippen LogP contribution in [-0.2, 0) is 17.8 Å². The van der Waals surface area contributed by atoms with Crippen LogP contribution >= 0.6 is 0 Å². The molecular formula is C27H38N6O2. The Morgan fingerprint density at radius 1 is 1.11 bits per heavy atom. The van der Waals surface area contributed by atoms with Crippen LogP contribution in [0.15, 0.2) is 23.0 Å². The van der Waals surface area contributed by atoms with Gasteiger partial charge >= 0.3 is 0 Å². The van der Waals surface area contributed by atoms with Gasteiger partial charge in [0.15, 0.2) is 5.82 Å². The van der Waals surface area contributed by atoms with E-state index in [2.05, 4.69) is 64.4 Å². The van der Waals surface area contributed by atoms with Gasteiger partial charge in [0, 0.05) is 30.3 Å². The number of benzene rings is 1. The molecule has 0 amide bonds. The maximum absolute atomic E-state index is 13.2. The van der Waals surface area contributed by atoms with E-state index >= 15 is 0 Å². The summed E-state index contributed by atoms with van der Waals surface area (Å²) >= 11 is 0. The Hall–Kier alpha value is -2.58. The van der Waals surface area contributed by atoms with Crippen molar-refractivity contribution in [1.82, 2.24) is 30.1 Å². The molecule has 1 saturated carbocycles. The van der Waals surface area contributed by atoms with Crippen molar-refractivity contribution in [2.75, 3.05) is 6.61 Å². The number of H-pyrrole nitrogens is 1. The first-order valence-corrected chi connectivity index (χ1v) is 13.3. The molecule has 2 fully saturated rings. The lowest BCUT2D eigenvalue weighted by atomic mass is 9.92. The van der Waals surface area contributed by atoms with Gasteiger partial charge in [-0.1, -0.05) is 26.2 Å². The van der Waals surface area contributed by atoms with Crippen LogP contribution in [0, 0.1) is 13.8 Å². The molecule has 3 aromatic rings. The smallest absolute Gasteiger partial charge is 0.252 e. The number of rotatable bonds is 8. The SMILES string of the molecule is CC[C@@H](c1nnnn1C[C@H]1CCCO1)N(Cc1cc2cc(C)c(C)cc2[nH]c1=O)C1CCCCC1. The molecule has 1 aliphatic carbocycles. The average Bonchev–Trinajstić information content (AvgIpc) is 3.54. The van der Waals surface area contributed by atoms with Gasteiger partial charge in [0.25, 0.3) is 5.56 Å². The van der Waals surface area contributed by atoms with E-state index in [0.717, 1.165) is 61.0 Å². The van der Waals surface area contributed by atoms with Crippen molar-refractivity contribution in [2.24, 2.45) is 0 Å². The third-order valence-electron chi connectivity index (χ3n) is 7.98. The minimum absolute atomic E-state index is 0.00429. The first kappa shape index (κ1) is 24.1. The van der Waals surface area contributed by atoms with Crippen molar-refractivity contribution in [3.05, 3.63) is 51.1 Å². The van der Waals surface area contributed by atoms with Crippen LogP contribution in [0.5, 0.6) is 0 Å². The fraction of sp³-hybridized carbons (Fsp3) is 0.630. The second-order valence-corrected chi connectivity index (χ2v) is 10.4. The Kier molecular flexibility index (Phi) is 7.29. The maximum Gasteiger partial charge on any atom is 0.252 e. The summed E-state index contributed by atoms with van der Waals surface area (Å²) in [6.07, 6.45) is 9.23. The van der Waals surface area contributed by atoms with E-state index in [9.17, 15) is 4.79 Å². The molecule has 0 radical (unpaired) electrons. The second-order valence-electron chi connectivity index (χ2n) is 10.4. The minimum Gasteiger partial charge on any atom is -0.376 e. The fourth-order valence-electron chi connectivity index (χ4n) is 5.87. The highest BCUT2D eigenvalue weighted by atomic mass is 16.5. The first-order valence-electron chi connectivity index (χ1n) is 13.3. The molecule has 35 heavy (non-hydrogen) atoms.